The number of aliphatic hydroxyl groups is 1. The van der Waals surface area contributed by atoms with Crippen LogP contribution in [0.2, 0.25) is 0 Å². The fourth-order valence-corrected chi connectivity index (χ4v) is 3.84. The Morgan fingerprint density at radius 2 is 1.71 bits per heavy atom. The topological polar surface area (TPSA) is 95.7 Å². The number of hydrogen-bond acceptors (Lipinski definition) is 4. The number of nitrogens with zero attached hydrogens (tertiary/aromatic N) is 1. The Balaban J connectivity index is 2.09. The molecule has 0 aromatic heterocycles. The molecular formula is C27H37F2N3O3. The largest absolute Gasteiger partial charge is 0.390 e. The van der Waals surface area contributed by atoms with Gasteiger partial charge < -0.3 is 21.1 Å². The summed E-state index contributed by atoms with van der Waals surface area (Å²) in [5.41, 5.74) is 8.41. The molecule has 2 aromatic carbocycles. The molecule has 2 aromatic rings. The summed E-state index contributed by atoms with van der Waals surface area (Å²) in [6.07, 6.45) is 2.23. The summed E-state index contributed by atoms with van der Waals surface area (Å²) < 4.78 is 27.0. The summed E-state index contributed by atoms with van der Waals surface area (Å²) >= 11 is 0. The molecule has 8 heteroatoms. The van der Waals surface area contributed by atoms with Gasteiger partial charge in [0.05, 0.1) is 6.10 Å². The van der Waals surface area contributed by atoms with Crippen LogP contribution in [0, 0.1) is 11.6 Å². The van der Waals surface area contributed by atoms with Crippen molar-refractivity contribution < 1.29 is 23.5 Å². The number of aryl methyl sites for hydroxylation is 1. The van der Waals surface area contributed by atoms with Gasteiger partial charge in [-0.05, 0) is 48.1 Å². The summed E-state index contributed by atoms with van der Waals surface area (Å²) in [5, 5.41) is 13.5. The lowest BCUT2D eigenvalue weighted by Gasteiger charge is -2.28. The predicted molar refractivity (Wildman–Crippen MR) is 132 cm³/mol. The van der Waals surface area contributed by atoms with Gasteiger partial charge in [0, 0.05) is 31.7 Å². The second kappa shape index (κ2) is 14.5. The summed E-state index contributed by atoms with van der Waals surface area (Å²) in [5.74, 6) is -2.24. The second-order valence-corrected chi connectivity index (χ2v) is 8.89. The lowest BCUT2D eigenvalue weighted by Crippen LogP contribution is -2.47. The maximum Gasteiger partial charge on any atom is 0.232 e. The maximum atomic E-state index is 13.5. The Morgan fingerprint density at radius 1 is 1.03 bits per heavy atom. The molecule has 4 N–H and O–H groups in total. The number of amides is 2. The molecule has 35 heavy (non-hydrogen) atoms. The molecule has 0 aliphatic carbocycles. The van der Waals surface area contributed by atoms with Gasteiger partial charge in [-0.15, -0.1) is 0 Å². The van der Waals surface area contributed by atoms with Crippen LogP contribution in [0.3, 0.4) is 0 Å². The van der Waals surface area contributed by atoms with E-state index in [9.17, 15) is 23.5 Å². The van der Waals surface area contributed by atoms with Crippen LogP contribution in [0.1, 0.15) is 56.2 Å². The average Bonchev–Trinajstić information content (AvgIpc) is 2.80. The molecule has 2 rings (SSSR count). The standard InChI is InChI=1S/C27H37F2N3O3/c1-3-5-6-10-31-26(34)16-27(35)32(17-20-9-7-8-19(4-2)11-20)18-25(33)24(30)14-21-12-22(28)15-23(29)13-21/h7-9,11-13,15,24-25,33H,3-6,10,14,16-18,30H2,1-2H3,(H,31,34)/t24-,25+/m0/s1. The number of nitrogens with two attached hydrogens (primary N) is 1. The van der Waals surface area contributed by atoms with Crippen molar-refractivity contribution in [3.63, 3.8) is 0 Å². The molecule has 0 bridgehead atoms. The Hall–Kier alpha value is -2.84. The third kappa shape index (κ3) is 10.1. The number of carbonyl (C=O) groups excluding carboxylic acids is 2. The smallest absolute Gasteiger partial charge is 0.232 e. The molecule has 0 saturated carbocycles. The first kappa shape index (κ1) is 28.4. The van der Waals surface area contributed by atoms with Crippen LogP contribution in [0.4, 0.5) is 8.78 Å². The van der Waals surface area contributed by atoms with Crippen LogP contribution in [0.15, 0.2) is 42.5 Å². The summed E-state index contributed by atoms with van der Waals surface area (Å²) in [4.78, 5) is 26.7. The summed E-state index contributed by atoms with van der Waals surface area (Å²) in [6, 6.07) is 9.98. The van der Waals surface area contributed by atoms with Crippen molar-refractivity contribution in [2.75, 3.05) is 13.1 Å². The first-order valence-electron chi connectivity index (χ1n) is 12.2. The highest BCUT2D eigenvalue weighted by molar-refractivity contribution is 5.96. The average molecular weight is 490 g/mol. The zero-order chi connectivity index (χ0) is 25.8. The Kier molecular flexibility index (Phi) is 11.8. The lowest BCUT2D eigenvalue weighted by molar-refractivity contribution is -0.137. The number of nitrogens with one attached hydrogen (secondary N) is 1. The number of aliphatic hydroxyl groups excluding tert-OH is 1. The zero-order valence-corrected chi connectivity index (χ0v) is 20.6. The number of benzene rings is 2. The van der Waals surface area contributed by atoms with E-state index < -0.39 is 29.7 Å². The predicted octanol–water partition coefficient (Wildman–Crippen LogP) is 3.48. The minimum Gasteiger partial charge on any atom is -0.390 e. The maximum absolute atomic E-state index is 13.5. The third-order valence-corrected chi connectivity index (χ3v) is 5.84. The van der Waals surface area contributed by atoms with E-state index in [0.717, 1.165) is 55.0 Å². The van der Waals surface area contributed by atoms with E-state index in [4.69, 9.17) is 5.73 Å². The van der Waals surface area contributed by atoms with Gasteiger partial charge in [-0.2, -0.15) is 0 Å². The molecule has 0 fully saturated rings. The number of halogens is 2. The molecule has 0 aliphatic rings. The van der Waals surface area contributed by atoms with Crippen LogP contribution in [-0.4, -0.2) is 47.1 Å². The molecule has 0 unspecified atom stereocenters. The summed E-state index contributed by atoms with van der Waals surface area (Å²) in [7, 11) is 0. The van der Waals surface area contributed by atoms with Crippen molar-refractivity contribution in [3.05, 3.63) is 70.8 Å². The number of unbranched alkanes of at least 4 members (excludes halogenated alkanes) is 2. The number of hydrogen-bond donors (Lipinski definition) is 3. The molecular weight excluding hydrogens is 452 g/mol. The number of rotatable bonds is 14. The molecule has 0 spiro atoms. The summed E-state index contributed by atoms with van der Waals surface area (Å²) in [6.45, 7) is 4.70. The van der Waals surface area contributed by atoms with Crippen molar-refractivity contribution >= 4 is 11.8 Å². The molecule has 2 atom stereocenters. The van der Waals surface area contributed by atoms with Crippen LogP contribution in [0.5, 0.6) is 0 Å². The van der Waals surface area contributed by atoms with Gasteiger partial charge in [0.25, 0.3) is 0 Å². The Bertz CT molecular complexity index is 950. The van der Waals surface area contributed by atoms with Gasteiger partial charge in [0.15, 0.2) is 0 Å². The molecule has 192 valence electrons. The van der Waals surface area contributed by atoms with Crippen LogP contribution in [0.25, 0.3) is 0 Å². The van der Waals surface area contributed by atoms with Crippen molar-refractivity contribution in [2.45, 2.75) is 71.1 Å². The fraction of sp³-hybridized carbons (Fsp3) is 0.481. The first-order valence-corrected chi connectivity index (χ1v) is 12.2. The lowest BCUT2D eigenvalue weighted by atomic mass is 10.0. The van der Waals surface area contributed by atoms with Crippen molar-refractivity contribution in [1.82, 2.24) is 10.2 Å². The van der Waals surface area contributed by atoms with E-state index in [1.54, 1.807) is 0 Å². The van der Waals surface area contributed by atoms with E-state index in [0.29, 0.717) is 12.1 Å². The van der Waals surface area contributed by atoms with E-state index >= 15 is 0 Å². The molecule has 0 saturated heterocycles. The first-order chi connectivity index (χ1) is 16.7. The van der Waals surface area contributed by atoms with Gasteiger partial charge in [-0.1, -0.05) is 51.0 Å². The fourth-order valence-electron chi connectivity index (χ4n) is 3.84. The normalized spacial score (nSPS) is 12.7. The van der Waals surface area contributed by atoms with Gasteiger partial charge in [0.1, 0.15) is 18.1 Å². The molecule has 0 aliphatic heterocycles. The quantitative estimate of drug-likeness (QED) is 0.280. The van der Waals surface area contributed by atoms with E-state index in [-0.39, 0.29) is 31.8 Å². The minimum atomic E-state index is -1.16. The monoisotopic (exact) mass is 489 g/mol. The SMILES string of the molecule is CCCCCNC(=O)CC(=O)N(Cc1cccc(CC)c1)C[C@@H](O)[C@@H](N)Cc1cc(F)cc(F)c1. The zero-order valence-electron chi connectivity index (χ0n) is 20.6. The molecule has 2 amide bonds. The van der Waals surface area contributed by atoms with Gasteiger partial charge >= 0.3 is 0 Å². The van der Waals surface area contributed by atoms with Crippen molar-refractivity contribution in [3.8, 4) is 0 Å². The molecule has 0 heterocycles. The highest BCUT2D eigenvalue weighted by atomic mass is 19.1. The van der Waals surface area contributed by atoms with Crippen molar-refractivity contribution in [1.29, 1.82) is 0 Å². The third-order valence-electron chi connectivity index (χ3n) is 5.84. The Morgan fingerprint density at radius 3 is 2.37 bits per heavy atom. The van der Waals surface area contributed by atoms with Gasteiger partial charge in [0.2, 0.25) is 11.8 Å². The highest BCUT2D eigenvalue weighted by Crippen LogP contribution is 2.14. The number of carbonyl (C=O) groups is 2. The van der Waals surface area contributed by atoms with Crippen LogP contribution < -0.4 is 11.1 Å². The molecule has 0 radical (unpaired) electrons. The van der Waals surface area contributed by atoms with E-state index in [1.807, 2.05) is 31.2 Å². The molecule has 6 nitrogen and oxygen atoms in total. The van der Waals surface area contributed by atoms with E-state index in [2.05, 4.69) is 12.2 Å². The van der Waals surface area contributed by atoms with Gasteiger partial charge in [-0.25, -0.2) is 8.78 Å². The highest BCUT2D eigenvalue weighted by Gasteiger charge is 2.24. The van der Waals surface area contributed by atoms with Gasteiger partial charge in [-0.3, -0.25) is 9.59 Å². The van der Waals surface area contributed by atoms with Crippen LogP contribution >= 0.6 is 0 Å². The minimum absolute atomic E-state index is 0.0289. The van der Waals surface area contributed by atoms with Crippen molar-refractivity contribution in [2.24, 2.45) is 5.73 Å². The Labute approximate surface area is 206 Å². The van der Waals surface area contributed by atoms with Crippen LogP contribution in [-0.2, 0) is 29.0 Å². The second-order valence-electron chi connectivity index (χ2n) is 8.89. The van der Waals surface area contributed by atoms with E-state index in [1.165, 1.54) is 4.90 Å².